The van der Waals surface area contributed by atoms with Gasteiger partial charge in [-0.15, -0.1) is 0 Å². The second kappa shape index (κ2) is 10.5. The second-order valence-electron chi connectivity index (χ2n) is 7.56. The lowest BCUT2D eigenvalue weighted by Gasteiger charge is -2.33. The molecule has 0 aliphatic carbocycles. The molecule has 1 saturated heterocycles. The quantitative estimate of drug-likeness (QED) is 0.323. The number of unbranched alkanes of at least 4 members (excludes halogenated alkanes) is 1. The third-order valence-corrected chi connectivity index (χ3v) is 6.83. The van der Waals surface area contributed by atoms with Crippen molar-refractivity contribution in [1.29, 1.82) is 0 Å². The van der Waals surface area contributed by atoms with Crippen molar-refractivity contribution in [3.8, 4) is 17.0 Å². The number of benzene rings is 2. The topological polar surface area (TPSA) is 45.7 Å². The first-order chi connectivity index (χ1) is 14.7. The number of hydrogen-bond donors (Lipinski definition) is 0. The van der Waals surface area contributed by atoms with Gasteiger partial charge >= 0.3 is 0 Å². The normalized spacial score (nSPS) is 15.5. The number of carbonyl (C=O) groups is 1. The predicted molar refractivity (Wildman–Crippen MR) is 126 cm³/mol. The molecule has 7 heteroatoms. The molecule has 5 nitrogen and oxygen atoms in total. The van der Waals surface area contributed by atoms with Crippen molar-refractivity contribution >= 4 is 43.8 Å². The lowest BCUT2D eigenvalue weighted by Crippen LogP contribution is -2.47. The molecule has 0 amide bonds. The Balaban J connectivity index is 1.23. The van der Waals surface area contributed by atoms with Crippen LogP contribution in [0, 0.1) is 0 Å². The van der Waals surface area contributed by atoms with E-state index in [-0.39, 0.29) is 0 Å². The lowest BCUT2D eigenvalue weighted by atomic mass is 10.1. The summed E-state index contributed by atoms with van der Waals surface area (Å²) in [6.07, 6.45) is 3.17. The molecule has 0 N–H and O–H groups in total. The van der Waals surface area contributed by atoms with Gasteiger partial charge in [-0.2, -0.15) is 4.37 Å². The minimum Gasteiger partial charge on any atom is -0.494 e. The number of carbonyl (C=O) groups excluding carboxylic acids is 1. The summed E-state index contributed by atoms with van der Waals surface area (Å²) in [5.74, 6) is 0.913. The van der Waals surface area contributed by atoms with Crippen molar-refractivity contribution in [1.82, 2.24) is 14.2 Å². The standard InChI is InChI=1S/C23H26BrN3O2S/c24-19-5-3-18(4-6-19)23-21-8-7-20(17-22(21)30-25-23)29-16-2-1-9-26-10-12-27(13-11-26)14-15-28/h3-8,15,17H,1-2,9-14,16H2. The summed E-state index contributed by atoms with van der Waals surface area (Å²) in [5.41, 5.74) is 2.16. The SMILES string of the molecule is O=CCN1CCN(CCCCOc2ccc3c(-c4ccc(Br)cc4)nsc3c2)CC1. The molecule has 0 saturated carbocycles. The van der Waals surface area contributed by atoms with Gasteiger partial charge in [-0.25, -0.2) is 0 Å². The van der Waals surface area contributed by atoms with Gasteiger partial charge in [0, 0.05) is 41.6 Å². The summed E-state index contributed by atoms with van der Waals surface area (Å²) in [6, 6.07) is 14.5. The van der Waals surface area contributed by atoms with Crippen molar-refractivity contribution < 1.29 is 9.53 Å². The Bertz CT molecular complexity index is 968. The number of hydrogen-bond acceptors (Lipinski definition) is 6. The van der Waals surface area contributed by atoms with Crippen LogP contribution >= 0.6 is 27.5 Å². The minimum atomic E-state index is 0.566. The Morgan fingerprint density at radius 3 is 2.57 bits per heavy atom. The molecular formula is C23H26BrN3O2S. The third-order valence-electron chi connectivity index (χ3n) is 5.50. The average Bonchev–Trinajstić information content (AvgIpc) is 3.19. The van der Waals surface area contributed by atoms with Gasteiger partial charge in [0.1, 0.15) is 12.0 Å². The molecule has 158 valence electrons. The minimum absolute atomic E-state index is 0.566. The molecule has 1 aromatic heterocycles. The maximum absolute atomic E-state index is 10.6. The zero-order valence-corrected chi connectivity index (χ0v) is 19.3. The highest BCUT2D eigenvalue weighted by Crippen LogP contribution is 2.33. The smallest absolute Gasteiger partial charge is 0.133 e. The monoisotopic (exact) mass is 487 g/mol. The van der Waals surface area contributed by atoms with Gasteiger partial charge < -0.3 is 14.4 Å². The number of ether oxygens (including phenoxy) is 1. The number of rotatable bonds is 9. The summed E-state index contributed by atoms with van der Waals surface area (Å²) < 4.78 is 12.9. The molecule has 4 rings (SSSR count). The molecule has 2 aromatic carbocycles. The van der Waals surface area contributed by atoms with Crippen molar-refractivity contribution in [2.75, 3.05) is 45.9 Å². The molecule has 0 unspecified atom stereocenters. The maximum Gasteiger partial charge on any atom is 0.133 e. The first-order valence-corrected chi connectivity index (χ1v) is 12.0. The van der Waals surface area contributed by atoms with Crippen LogP contribution in [0.2, 0.25) is 0 Å². The Morgan fingerprint density at radius 1 is 1.03 bits per heavy atom. The van der Waals surface area contributed by atoms with Crippen LogP contribution in [-0.2, 0) is 4.79 Å². The maximum atomic E-state index is 10.6. The second-order valence-corrected chi connectivity index (χ2v) is 9.28. The zero-order chi connectivity index (χ0) is 20.8. The Kier molecular flexibility index (Phi) is 7.49. The van der Waals surface area contributed by atoms with E-state index in [0.29, 0.717) is 6.54 Å². The third kappa shape index (κ3) is 5.46. The van der Waals surface area contributed by atoms with Crippen LogP contribution in [0.25, 0.3) is 21.3 Å². The van der Waals surface area contributed by atoms with Gasteiger partial charge in [0.2, 0.25) is 0 Å². The zero-order valence-electron chi connectivity index (χ0n) is 16.9. The van der Waals surface area contributed by atoms with Crippen molar-refractivity contribution in [2.45, 2.75) is 12.8 Å². The molecular weight excluding hydrogens is 462 g/mol. The summed E-state index contributed by atoms with van der Waals surface area (Å²) >= 11 is 5.00. The van der Waals surface area contributed by atoms with Crippen molar-refractivity contribution in [3.05, 3.63) is 46.9 Å². The molecule has 0 atom stereocenters. The average molecular weight is 488 g/mol. The number of piperazine rings is 1. The molecule has 1 aliphatic heterocycles. The fraction of sp³-hybridized carbons (Fsp3) is 0.391. The fourth-order valence-corrected chi connectivity index (χ4v) is 4.84. The van der Waals surface area contributed by atoms with E-state index in [4.69, 9.17) is 4.74 Å². The molecule has 30 heavy (non-hydrogen) atoms. The fourth-order valence-electron chi connectivity index (χ4n) is 3.75. The van der Waals surface area contributed by atoms with E-state index in [1.54, 1.807) is 0 Å². The van der Waals surface area contributed by atoms with Crippen LogP contribution in [0.5, 0.6) is 5.75 Å². The highest BCUT2D eigenvalue weighted by atomic mass is 79.9. The molecule has 2 heterocycles. The lowest BCUT2D eigenvalue weighted by molar-refractivity contribution is -0.109. The summed E-state index contributed by atoms with van der Waals surface area (Å²) in [6.45, 7) is 6.49. The number of aldehydes is 1. The number of fused-ring (bicyclic) bond motifs is 1. The number of aromatic nitrogens is 1. The summed E-state index contributed by atoms with van der Waals surface area (Å²) in [7, 11) is 0. The van der Waals surface area contributed by atoms with E-state index in [1.807, 2.05) is 18.2 Å². The molecule has 1 aliphatic rings. The van der Waals surface area contributed by atoms with E-state index in [9.17, 15) is 4.79 Å². The Labute approximate surface area is 189 Å². The highest BCUT2D eigenvalue weighted by Gasteiger charge is 2.15. The predicted octanol–water partition coefficient (Wildman–Crippen LogP) is 4.70. The van der Waals surface area contributed by atoms with Crippen LogP contribution in [0.4, 0.5) is 0 Å². The van der Waals surface area contributed by atoms with Crippen molar-refractivity contribution in [2.24, 2.45) is 0 Å². The number of halogens is 1. The van der Waals surface area contributed by atoms with Crippen LogP contribution in [0.3, 0.4) is 0 Å². The van der Waals surface area contributed by atoms with Gasteiger partial charge in [-0.3, -0.25) is 4.90 Å². The van der Waals surface area contributed by atoms with Crippen molar-refractivity contribution in [3.63, 3.8) is 0 Å². The van der Waals surface area contributed by atoms with Gasteiger partial charge in [-0.1, -0.05) is 28.1 Å². The Hall–Kier alpha value is -1.80. The highest BCUT2D eigenvalue weighted by molar-refractivity contribution is 9.10. The van der Waals surface area contributed by atoms with Crippen LogP contribution in [0.1, 0.15) is 12.8 Å². The molecule has 0 spiro atoms. The first-order valence-electron chi connectivity index (χ1n) is 10.4. The van der Waals surface area contributed by atoms with E-state index >= 15 is 0 Å². The van der Waals surface area contributed by atoms with Gasteiger partial charge in [-0.05, 0) is 61.3 Å². The summed E-state index contributed by atoms with van der Waals surface area (Å²) in [4.78, 5) is 15.3. The molecule has 0 radical (unpaired) electrons. The largest absolute Gasteiger partial charge is 0.494 e. The van der Waals surface area contributed by atoms with E-state index in [2.05, 4.69) is 54.4 Å². The van der Waals surface area contributed by atoms with Crippen LogP contribution < -0.4 is 4.74 Å². The van der Waals surface area contributed by atoms with Crippen LogP contribution in [0.15, 0.2) is 46.9 Å². The summed E-state index contributed by atoms with van der Waals surface area (Å²) in [5, 5.41) is 1.17. The van der Waals surface area contributed by atoms with Gasteiger partial charge in [0.25, 0.3) is 0 Å². The molecule has 3 aromatic rings. The van der Waals surface area contributed by atoms with Gasteiger partial charge in [0.15, 0.2) is 0 Å². The molecule has 0 bridgehead atoms. The Morgan fingerprint density at radius 2 is 1.80 bits per heavy atom. The number of nitrogens with zero attached hydrogens (tertiary/aromatic N) is 3. The van der Waals surface area contributed by atoms with E-state index < -0.39 is 0 Å². The van der Waals surface area contributed by atoms with E-state index in [1.165, 1.54) is 16.9 Å². The van der Waals surface area contributed by atoms with Crippen LogP contribution in [-0.4, -0.2) is 66.3 Å². The molecule has 1 fully saturated rings. The first kappa shape index (κ1) is 21.4. The van der Waals surface area contributed by atoms with E-state index in [0.717, 1.165) is 84.6 Å². The van der Waals surface area contributed by atoms with Gasteiger partial charge in [0.05, 0.1) is 23.5 Å².